The van der Waals surface area contributed by atoms with Gasteiger partial charge in [-0.1, -0.05) is 31.4 Å². The molecule has 5 heteroatoms. The number of halogens is 3. The molecule has 0 atom stereocenters. The third kappa shape index (κ3) is 3.65. The summed E-state index contributed by atoms with van der Waals surface area (Å²) in [5.74, 6) is -3.92. The topological polar surface area (TPSA) is 40.5 Å². The molecule has 0 unspecified atom stereocenters. The normalized spacial score (nSPS) is 15.8. The molecule has 1 saturated carbocycles. The van der Waals surface area contributed by atoms with Gasteiger partial charge in [-0.2, -0.15) is 0 Å². The van der Waals surface area contributed by atoms with E-state index in [1.165, 1.54) is 30.7 Å². The average Bonchev–Trinajstić information content (AvgIpc) is 2.59. The number of hydrogen-bond acceptors (Lipinski definition) is 2. The summed E-state index contributed by atoms with van der Waals surface area (Å²) < 4.78 is 39.9. The predicted molar refractivity (Wildman–Crippen MR) is 90.8 cm³/mol. The highest BCUT2D eigenvalue weighted by molar-refractivity contribution is 5.72. The molecule has 2 nitrogen and oxygen atoms in total. The van der Waals surface area contributed by atoms with E-state index in [0.29, 0.717) is 11.1 Å². The monoisotopic (exact) mass is 348 g/mol. The molecule has 1 aliphatic carbocycles. The molecule has 1 aliphatic rings. The van der Waals surface area contributed by atoms with Crippen molar-refractivity contribution in [2.24, 2.45) is 0 Å². The second-order valence-electron chi connectivity index (χ2n) is 6.41. The minimum Gasteiger partial charge on any atom is -0.507 e. The van der Waals surface area contributed by atoms with Gasteiger partial charge in [0.25, 0.3) is 0 Å². The first-order chi connectivity index (χ1) is 12.0. The molecule has 0 aliphatic heterocycles. The largest absolute Gasteiger partial charge is 0.507 e. The Morgan fingerprint density at radius 2 is 1.48 bits per heavy atom. The van der Waals surface area contributed by atoms with E-state index < -0.39 is 17.5 Å². The van der Waals surface area contributed by atoms with Crippen LogP contribution in [0.1, 0.15) is 54.7 Å². The van der Waals surface area contributed by atoms with Crippen molar-refractivity contribution < 1.29 is 23.4 Å². The molecule has 2 aromatic rings. The fourth-order valence-corrected chi connectivity index (χ4v) is 3.41. The second-order valence-corrected chi connectivity index (χ2v) is 6.41. The maximum atomic E-state index is 13.7. The molecule has 0 bridgehead atoms. The van der Waals surface area contributed by atoms with Crippen molar-refractivity contribution in [2.75, 3.05) is 0 Å². The van der Waals surface area contributed by atoms with Gasteiger partial charge < -0.3 is 10.2 Å². The zero-order chi connectivity index (χ0) is 18.0. The summed E-state index contributed by atoms with van der Waals surface area (Å²) >= 11 is 0. The van der Waals surface area contributed by atoms with Crippen LogP contribution < -0.4 is 0 Å². The van der Waals surface area contributed by atoms with E-state index in [-0.39, 0.29) is 23.0 Å². The van der Waals surface area contributed by atoms with Crippen molar-refractivity contribution in [3.8, 4) is 11.5 Å². The van der Waals surface area contributed by atoms with Crippen molar-refractivity contribution in [2.45, 2.75) is 38.0 Å². The Morgan fingerprint density at radius 1 is 0.840 bits per heavy atom. The van der Waals surface area contributed by atoms with Crippen LogP contribution >= 0.6 is 0 Å². The molecular weight excluding hydrogens is 329 g/mol. The van der Waals surface area contributed by atoms with E-state index >= 15 is 0 Å². The minimum absolute atomic E-state index is 0.00249. The lowest BCUT2D eigenvalue weighted by molar-refractivity contribution is 0.389. The molecule has 25 heavy (non-hydrogen) atoms. The lowest BCUT2D eigenvalue weighted by Crippen LogP contribution is -2.05. The first-order valence-electron chi connectivity index (χ1n) is 8.35. The summed E-state index contributed by atoms with van der Waals surface area (Å²) in [6, 6.07) is 4.94. The second kappa shape index (κ2) is 7.21. The number of phenolic OH excluding ortho intramolecular Hbond substituents is 2. The smallest absolute Gasteiger partial charge is 0.195 e. The van der Waals surface area contributed by atoms with Gasteiger partial charge in [0, 0.05) is 11.1 Å². The molecule has 2 N–H and O–H groups in total. The average molecular weight is 348 g/mol. The Labute approximate surface area is 144 Å². The molecule has 0 aromatic heterocycles. The molecule has 0 radical (unpaired) electrons. The van der Waals surface area contributed by atoms with Gasteiger partial charge in [-0.05, 0) is 48.6 Å². The molecule has 1 fully saturated rings. The SMILES string of the molecule is Oc1cc(/C=C/c2ccc(F)c(F)c2F)cc(O)c1C1CCCCC1. The van der Waals surface area contributed by atoms with E-state index in [4.69, 9.17) is 0 Å². The fraction of sp³-hybridized carbons (Fsp3) is 0.300. The molecule has 0 amide bonds. The summed E-state index contributed by atoms with van der Waals surface area (Å²) in [6.07, 6.45) is 7.86. The van der Waals surface area contributed by atoms with Crippen LogP contribution in [0.2, 0.25) is 0 Å². The van der Waals surface area contributed by atoms with Gasteiger partial charge in [-0.25, -0.2) is 13.2 Å². The highest BCUT2D eigenvalue weighted by Gasteiger charge is 2.22. The molecule has 0 saturated heterocycles. The summed E-state index contributed by atoms with van der Waals surface area (Å²) in [4.78, 5) is 0. The number of hydrogen-bond donors (Lipinski definition) is 2. The Hall–Kier alpha value is -2.43. The number of aromatic hydroxyl groups is 2. The number of phenols is 2. The molecule has 0 spiro atoms. The van der Waals surface area contributed by atoms with Crippen LogP contribution in [-0.4, -0.2) is 10.2 Å². The van der Waals surface area contributed by atoms with Gasteiger partial charge in [0.1, 0.15) is 11.5 Å². The number of rotatable bonds is 3. The molecule has 0 heterocycles. The third-order valence-electron chi connectivity index (χ3n) is 4.69. The summed E-state index contributed by atoms with van der Waals surface area (Å²) in [6.45, 7) is 0. The highest BCUT2D eigenvalue weighted by Crippen LogP contribution is 2.42. The summed E-state index contributed by atoms with van der Waals surface area (Å²) in [7, 11) is 0. The van der Waals surface area contributed by atoms with Crippen LogP contribution in [0, 0.1) is 17.5 Å². The van der Waals surface area contributed by atoms with Gasteiger partial charge in [-0.15, -0.1) is 0 Å². The van der Waals surface area contributed by atoms with Crippen LogP contribution in [0.5, 0.6) is 11.5 Å². The molecule has 132 valence electrons. The van der Waals surface area contributed by atoms with E-state index in [1.807, 2.05) is 0 Å². The van der Waals surface area contributed by atoms with E-state index in [1.54, 1.807) is 0 Å². The third-order valence-corrected chi connectivity index (χ3v) is 4.69. The Kier molecular flexibility index (Phi) is 5.02. The van der Waals surface area contributed by atoms with E-state index in [2.05, 4.69) is 0 Å². The van der Waals surface area contributed by atoms with Gasteiger partial charge in [0.2, 0.25) is 0 Å². The first-order valence-corrected chi connectivity index (χ1v) is 8.35. The van der Waals surface area contributed by atoms with Gasteiger partial charge in [-0.3, -0.25) is 0 Å². The Morgan fingerprint density at radius 3 is 2.12 bits per heavy atom. The first kappa shape index (κ1) is 17.4. The van der Waals surface area contributed by atoms with Crippen molar-refractivity contribution in [1.82, 2.24) is 0 Å². The lowest BCUT2D eigenvalue weighted by Gasteiger charge is -2.23. The molecule has 2 aromatic carbocycles. The highest BCUT2D eigenvalue weighted by atomic mass is 19.2. The van der Waals surface area contributed by atoms with Crippen molar-refractivity contribution in [3.63, 3.8) is 0 Å². The van der Waals surface area contributed by atoms with Crippen molar-refractivity contribution in [1.29, 1.82) is 0 Å². The van der Waals surface area contributed by atoms with E-state index in [9.17, 15) is 23.4 Å². The minimum atomic E-state index is -1.53. The summed E-state index contributed by atoms with van der Waals surface area (Å²) in [5, 5.41) is 20.6. The van der Waals surface area contributed by atoms with Crippen molar-refractivity contribution >= 4 is 12.2 Å². The van der Waals surface area contributed by atoms with E-state index in [0.717, 1.165) is 37.8 Å². The zero-order valence-electron chi connectivity index (χ0n) is 13.6. The quantitative estimate of drug-likeness (QED) is 0.549. The van der Waals surface area contributed by atoms with Crippen LogP contribution in [0.25, 0.3) is 12.2 Å². The number of benzene rings is 2. The standard InChI is InChI=1S/C20H19F3O2/c21-15-9-8-14(19(22)20(15)23)7-6-12-10-16(24)18(17(25)11-12)13-4-2-1-3-5-13/h6-11,13,24-25H,1-5H2/b7-6+. The lowest BCUT2D eigenvalue weighted by atomic mass is 9.83. The van der Waals surface area contributed by atoms with Gasteiger partial charge in [0.05, 0.1) is 0 Å². The maximum absolute atomic E-state index is 13.7. The predicted octanol–water partition coefficient (Wildman–Crippen LogP) is 5.73. The zero-order valence-corrected chi connectivity index (χ0v) is 13.6. The summed E-state index contributed by atoms with van der Waals surface area (Å²) in [5.41, 5.74) is 0.879. The van der Waals surface area contributed by atoms with Gasteiger partial charge >= 0.3 is 0 Å². The Balaban J connectivity index is 1.88. The van der Waals surface area contributed by atoms with Gasteiger partial charge in [0.15, 0.2) is 17.5 Å². The molecular formula is C20H19F3O2. The maximum Gasteiger partial charge on any atom is 0.195 e. The van der Waals surface area contributed by atoms with Crippen molar-refractivity contribution in [3.05, 3.63) is 58.4 Å². The van der Waals surface area contributed by atoms with Crippen LogP contribution in [0.4, 0.5) is 13.2 Å². The fourth-order valence-electron chi connectivity index (χ4n) is 3.41. The van der Waals surface area contributed by atoms with Crippen LogP contribution in [0.15, 0.2) is 24.3 Å². The molecule has 3 rings (SSSR count). The van der Waals surface area contributed by atoms with Crippen LogP contribution in [-0.2, 0) is 0 Å². The Bertz CT molecular complexity index is 786. The van der Waals surface area contributed by atoms with Crippen LogP contribution in [0.3, 0.4) is 0 Å².